The number of nitrogens with zero attached hydrogens (tertiary/aromatic N) is 4. The molecule has 0 unspecified atom stereocenters. The van der Waals surface area contributed by atoms with Crippen molar-refractivity contribution in [3.63, 3.8) is 0 Å². The minimum absolute atomic E-state index is 0.421. The molecule has 0 bridgehead atoms. The maximum absolute atomic E-state index is 4.57. The molecule has 1 saturated heterocycles. The second-order valence-corrected chi connectivity index (χ2v) is 5.57. The number of nitrogens with one attached hydrogen (secondary N) is 1. The van der Waals surface area contributed by atoms with Crippen molar-refractivity contribution in [3.8, 4) is 0 Å². The van der Waals surface area contributed by atoms with Gasteiger partial charge in [-0.05, 0) is 19.4 Å². The first-order valence-corrected chi connectivity index (χ1v) is 7.73. The van der Waals surface area contributed by atoms with E-state index in [4.69, 9.17) is 0 Å². The van der Waals surface area contributed by atoms with E-state index < -0.39 is 0 Å². The van der Waals surface area contributed by atoms with Gasteiger partial charge in [-0.15, -0.1) is 0 Å². The molecule has 5 heteroatoms. The Kier molecular flexibility index (Phi) is 5.17. The highest BCUT2D eigenvalue weighted by molar-refractivity contribution is 5.60. The van der Waals surface area contributed by atoms with Crippen LogP contribution in [0.3, 0.4) is 0 Å². The van der Waals surface area contributed by atoms with Crippen molar-refractivity contribution in [1.29, 1.82) is 0 Å². The average Bonchev–Trinajstić information content (AvgIpc) is 2.47. The standard InChI is InChI=1S/C15H27N5/c1-5-16-14-13(12(3)4)15(18-11-17-14)20-9-7-19(6-2)8-10-20/h11-12H,5-10H2,1-4H3,(H,16,17,18). The molecule has 0 atom stereocenters. The topological polar surface area (TPSA) is 44.3 Å². The molecular weight excluding hydrogens is 250 g/mol. The first-order valence-electron chi connectivity index (χ1n) is 7.73. The van der Waals surface area contributed by atoms with E-state index in [-0.39, 0.29) is 0 Å². The van der Waals surface area contributed by atoms with Crippen LogP contribution < -0.4 is 10.2 Å². The lowest BCUT2D eigenvalue weighted by Crippen LogP contribution is -2.46. The van der Waals surface area contributed by atoms with E-state index >= 15 is 0 Å². The van der Waals surface area contributed by atoms with Crippen LogP contribution >= 0.6 is 0 Å². The molecule has 2 heterocycles. The highest BCUT2D eigenvalue weighted by Crippen LogP contribution is 2.31. The van der Waals surface area contributed by atoms with E-state index in [0.717, 1.165) is 50.9 Å². The summed E-state index contributed by atoms with van der Waals surface area (Å²) in [5.41, 5.74) is 1.25. The van der Waals surface area contributed by atoms with Crippen LogP contribution in [0, 0.1) is 0 Å². The van der Waals surface area contributed by atoms with Crippen molar-refractivity contribution in [2.24, 2.45) is 0 Å². The van der Waals surface area contributed by atoms with Crippen LogP contribution in [0.4, 0.5) is 11.6 Å². The maximum Gasteiger partial charge on any atom is 0.137 e. The first-order chi connectivity index (χ1) is 9.67. The Morgan fingerprint density at radius 1 is 1.15 bits per heavy atom. The minimum atomic E-state index is 0.421. The molecule has 5 nitrogen and oxygen atoms in total. The minimum Gasteiger partial charge on any atom is -0.370 e. The van der Waals surface area contributed by atoms with E-state index in [9.17, 15) is 0 Å². The van der Waals surface area contributed by atoms with Crippen molar-refractivity contribution in [2.75, 3.05) is 49.5 Å². The van der Waals surface area contributed by atoms with E-state index in [1.165, 1.54) is 5.56 Å². The van der Waals surface area contributed by atoms with Crippen LogP contribution in [0.5, 0.6) is 0 Å². The summed E-state index contributed by atoms with van der Waals surface area (Å²) in [5, 5.41) is 3.37. The third-order valence-corrected chi connectivity index (χ3v) is 3.90. The van der Waals surface area contributed by atoms with Crippen LogP contribution in [-0.4, -0.2) is 54.1 Å². The lowest BCUT2D eigenvalue weighted by atomic mass is 10.0. The lowest BCUT2D eigenvalue weighted by Gasteiger charge is -2.36. The smallest absolute Gasteiger partial charge is 0.137 e. The second-order valence-electron chi connectivity index (χ2n) is 5.57. The fraction of sp³-hybridized carbons (Fsp3) is 0.733. The van der Waals surface area contributed by atoms with Gasteiger partial charge in [0.15, 0.2) is 0 Å². The van der Waals surface area contributed by atoms with E-state index in [2.05, 4.69) is 52.8 Å². The molecule has 1 aliphatic rings. The first kappa shape index (κ1) is 15.0. The monoisotopic (exact) mass is 277 g/mol. The Hall–Kier alpha value is -1.36. The number of anilines is 2. The van der Waals surface area contributed by atoms with Gasteiger partial charge in [-0.1, -0.05) is 20.8 Å². The lowest BCUT2D eigenvalue weighted by molar-refractivity contribution is 0.270. The molecule has 1 aromatic rings. The molecule has 0 radical (unpaired) electrons. The van der Waals surface area contributed by atoms with Crippen LogP contribution in [-0.2, 0) is 0 Å². The number of aromatic nitrogens is 2. The summed E-state index contributed by atoms with van der Waals surface area (Å²) in [4.78, 5) is 13.9. The summed E-state index contributed by atoms with van der Waals surface area (Å²) in [5.74, 6) is 2.52. The van der Waals surface area contributed by atoms with Gasteiger partial charge in [-0.3, -0.25) is 0 Å². The van der Waals surface area contributed by atoms with Crippen molar-refractivity contribution in [1.82, 2.24) is 14.9 Å². The van der Waals surface area contributed by atoms with Crippen LogP contribution in [0.25, 0.3) is 0 Å². The average molecular weight is 277 g/mol. The number of hydrogen-bond acceptors (Lipinski definition) is 5. The molecule has 1 aliphatic heterocycles. The molecule has 1 N–H and O–H groups in total. The SMILES string of the molecule is CCNc1ncnc(N2CCN(CC)CC2)c1C(C)C. The van der Waals surface area contributed by atoms with Gasteiger partial charge in [0.25, 0.3) is 0 Å². The van der Waals surface area contributed by atoms with Gasteiger partial charge in [0, 0.05) is 38.3 Å². The predicted octanol–water partition coefficient (Wildman–Crippen LogP) is 2.17. The van der Waals surface area contributed by atoms with Crippen molar-refractivity contribution in [2.45, 2.75) is 33.6 Å². The van der Waals surface area contributed by atoms with Crippen molar-refractivity contribution < 1.29 is 0 Å². The van der Waals surface area contributed by atoms with Gasteiger partial charge in [-0.25, -0.2) is 9.97 Å². The van der Waals surface area contributed by atoms with Gasteiger partial charge >= 0.3 is 0 Å². The molecule has 0 amide bonds. The fourth-order valence-electron chi connectivity index (χ4n) is 2.75. The summed E-state index contributed by atoms with van der Waals surface area (Å²) in [6, 6.07) is 0. The summed E-state index contributed by atoms with van der Waals surface area (Å²) >= 11 is 0. The number of rotatable bonds is 5. The fourth-order valence-corrected chi connectivity index (χ4v) is 2.75. The summed E-state index contributed by atoms with van der Waals surface area (Å²) in [6.07, 6.45) is 1.69. The molecule has 112 valence electrons. The van der Waals surface area contributed by atoms with Gasteiger partial charge < -0.3 is 15.1 Å². The summed E-state index contributed by atoms with van der Waals surface area (Å²) < 4.78 is 0. The zero-order valence-electron chi connectivity index (χ0n) is 13.2. The van der Waals surface area contributed by atoms with E-state index in [1.54, 1.807) is 6.33 Å². The molecule has 1 fully saturated rings. The zero-order valence-corrected chi connectivity index (χ0v) is 13.2. The van der Waals surface area contributed by atoms with Gasteiger partial charge in [0.05, 0.1) is 0 Å². The molecule has 1 aromatic heterocycles. The third-order valence-electron chi connectivity index (χ3n) is 3.90. The highest BCUT2D eigenvalue weighted by Gasteiger charge is 2.22. The Morgan fingerprint density at radius 2 is 1.85 bits per heavy atom. The number of likely N-dealkylation sites (N-methyl/N-ethyl adjacent to an activating group) is 1. The predicted molar refractivity (Wildman–Crippen MR) is 84.6 cm³/mol. The summed E-state index contributed by atoms with van der Waals surface area (Å²) in [7, 11) is 0. The normalized spacial score (nSPS) is 16.8. The van der Waals surface area contributed by atoms with Gasteiger partial charge in [0.1, 0.15) is 18.0 Å². The van der Waals surface area contributed by atoms with Gasteiger partial charge in [0.2, 0.25) is 0 Å². The van der Waals surface area contributed by atoms with Gasteiger partial charge in [-0.2, -0.15) is 0 Å². The van der Waals surface area contributed by atoms with E-state index in [0.29, 0.717) is 5.92 Å². The zero-order chi connectivity index (χ0) is 14.5. The quantitative estimate of drug-likeness (QED) is 0.893. The number of hydrogen-bond donors (Lipinski definition) is 1. The van der Waals surface area contributed by atoms with Crippen molar-refractivity contribution >= 4 is 11.6 Å². The maximum atomic E-state index is 4.57. The second kappa shape index (κ2) is 6.88. The molecule has 0 aromatic carbocycles. The molecule has 20 heavy (non-hydrogen) atoms. The van der Waals surface area contributed by atoms with Crippen LogP contribution in [0.2, 0.25) is 0 Å². The van der Waals surface area contributed by atoms with E-state index in [1.807, 2.05) is 0 Å². The molecular formula is C15H27N5. The Labute approximate surface area is 122 Å². The summed E-state index contributed by atoms with van der Waals surface area (Å²) in [6.45, 7) is 15.1. The van der Waals surface area contributed by atoms with Crippen molar-refractivity contribution in [3.05, 3.63) is 11.9 Å². The Morgan fingerprint density at radius 3 is 2.40 bits per heavy atom. The molecule has 0 aliphatic carbocycles. The molecule has 0 saturated carbocycles. The van der Waals surface area contributed by atoms with Crippen LogP contribution in [0.15, 0.2) is 6.33 Å². The Bertz CT molecular complexity index is 424. The number of piperazine rings is 1. The third kappa shape index (κ3) is 3.20. The molecule has 0 spiro atoms. The largest absolute Gasteiger partial charge is 0.370 e. The Balaban J connectivity index is 2.25. The highest BCUT2D eigenvalue weighted by atomic mass is 15.3. The van der Waals surface area contributed by atoms with Crippen LogP contribution in [0.1, 0.15) is 39.2 Å². The molecule has 2 rings (SSSR count).